The first kappa shape index (κ1) is 17.7. The van der Waals surface area contributed by atoms with Gasteiger partial charge in [0.1, 0.15) is 6.10 Å². The van der Waals surface area contributed by atoms with Crippen LogP contribution in [0.1, 0.15) is 12.8 Å². The number of pyridine rings is 1. The van der Waals surface area contributed by atoms with Crippen LogP contribution in [0.2, 0.25) is 0 Å². The van der Waals surface area contributed by atoms with E-state index in [1.165, 1.54) is 0 Å². The Bertz CT molecular complexity index is 448. The van der Waals surface area contributed by atoms with Crippen LogP contribution in [0.15, 0.2) is 22.8 Å². The van der Waals surface area contributed by atoms with Crippen molar-refractivity contribution in [2.45, 2.75) is 25.1 Å². The molecule has 21 heavy (non-hydrogen) atoms. The summed E-state index contributed by atoms with van der Waals surface area (Å²) in [6, 6.07) is 3.84. The summed E-state index contributed by atoms with van der Waals surface area (Å²) < 4.78 is 38.5. The number of alkyl halides is 3. The lowest BCUT2D eigenvalue weighted by molar-refractivity contribution is -0.192. The Hall–Kier alpha value is -1.35. The lowest BCUT2D eigenvalue weighted by atomic mass is 10.1. The summed E-state index contributed by atoms with van der Waals surface area (Å²) in [7, 11) is 0. The molecule has 118 valence electrons. The molecule has 1 aliphatic rings. The van der Waals surface area contributed by atoms with Gasteiger partial charge in [0.15, 0.2) is 0 Å². The Kier molecular flexibility index (Phi) is 6.90. The van der Waals surface area contributed by atoms with Crippen molar-refractivity contribution in [3.05, 3.63) is 22.8 Å². The van der Waals surface area contributed by atoms with E-state index >= 15 is 0 Å². The third-order valence-corrected chi connectivity index (χ3v) is 2.99. The first-order chi connectivity index (χ1) is 9.79. The molecule has 0 radical (unpaired) electrons. The number of carboxylic acids is 1. The molecule has 1 aliphatic heterocycles. The molecule has 0 atom stereocenters. The maximum absolute atomic E-state index is 10.6. The van der Waals surface area contributed by atoms with Crippen molar-refractivity contribution in [1.29, 1.82) is 0 Å². The Morgan fingerprint density at radius 1 is 1.38 bits per heavy atom. The molecule has 0 unspecified atom stereocenters. The second-order valence-electron chi connectivity index (χ2n) is 4.18. The third-order valence-electron chi connectivity index (χ3n) is 2.52. The van der Waals surface area contributed by atoms with Gasteiger partial charge in [-0.25, -0.2) is 9.78 Å². The van der Waals surface area contributed by atoms with Crippen molar-refractivity contribution in [3.63, 3.8) is 0 Å². The lowest BCUT2D eigenvalue weighted by Crippen LogP contribution is -2.34. The van der Waals surface area contributed by atoms with Gasteiger partial charge >= 0.3 is 12.1 Å². The number of halogens is 4. The van der Waals surface area contributed by atoms with Crippen LogP contribution in [0.25, 0.3) is 0 Å². The fourth-order valence-electron chi connectivity index (χ4n) is 1.52. The molecule has 1 fully saturated rings. The predicted molar refractivity (Wildman–Crippen MR) is 72.1 cm³/mol. The minimum absolute atomic E-state index is 0.324. The topological polar surface area (TPSA) is 71.5 Å². The summed E-state index contributed by atoms with van der Waals surface area (Å²) >= 11 is 3.34. The SMILES string of the molecule is Brc1ccc(OC2CCNCC2)nc1.O=C(O)C(F)(F)F. The number of hydrogen-bond donors (Lipinski definition) is 2. The van der Waals surface area contributed by atoms with Crippen LogP contribution in [0.5, 0.6) is 5.88 Å². The predicted octanol–water partition coefficient (Wildman–Crippen LogP) is 2.61. The molecule has 2 rings (SSSR count). The van der Waals surface area contributed by atoms with Crippen LogP contribution < -0.4 is 10.1 Å². The van der Waals surface area contributed by atoms with Gasteiger partial charge in [0.2, 0.25) is 5.88 Å². The molecular weight excluding hydrogens is 357 g/mol. The van der Waals surface area contributed by atoms with Gasteiger partial charge in [0, 0.05) is 16.7 Å². The summed E-state index contributed by atoms with van der Waals surface area (Å²) in [6.45, 7) is 2.09. The van der Waals surface area contributed by atoms with Crippen LogP contribution in [-0.4, -0.2) is 41.4 Å². The van der Waals surface area contributed by atoms with Gasteiger partial charge in [0.05, 0.1) is 0 Å². The van der Waals surface area contributed by atoms with Crippen LogP contribution in [0.4, 0.5) is 13.2 Å². The highest BCUT2D eigenvalue weighted by molar-refractivity contribution is 9.10. The average molecular weight is 371 g/mol. The summed E-state index contributed by atoms with van der Waals surface area (Å²) in [6.07, 6.45) is -0.865. The second kappa shape index (κ2) is 8.18. The molecule has 0 spiro atoms. The monoisotopic (exact) mass is 370 g/mol. The number of carboxylic acid groups (broad SMARTS) is 1. The minimum atomic E-state index is -5.08. The Morgan fingerprint density at radius 3 is 2.38 bits per heavy atom. The molecule has 0 aromatic carbocycles. The van der Waals surface area contributed by atoms with Gasteiger partial charge in [-0.05, 0) is 47.9 Å². The van der Waals surface area contributed by atoms with E-state index in [0.717, 1.165) is 36.3 Å². The normalized spacial score (nSPS) is 15.8. The summed E-state index contributed by atoms with van der Waals surface area (Å²) in [5.41, 5.74) is 0. The van der Waals surface area contributed by atoms with Crippen LogP contribution in [-0.2, 0) is 4.79 Å². The van der Waals surface area contributed by atoms with Crippen molar-refractivity contribution < 1.29 is 27.8 Å². The number of hydrogen-bond acceptors (Lipinski definition) is 4. The smallest absolute Gasteiger partial charge is 0.475 e. The molecule has 0 aliphatic carbocycles. The first-order valence-electron chi connectivity index (χ1n) is 6.08. The largest absolute Gasteiger partial charge is 0.490 e. The molecule has 9 heteroatoms. The molecule has 0 saturated carbocycles. The van der Waals surface area contributed by atoms with Gasteiger partial charge in [-0.3, -0.25) is 0 Å². The van der Waals surface area contributed by atoms with Crippen molar-refractivity contribution in [3.8, 4) is 5.88 Å². The fourth-order valence-corrected chi connectivity index (χ4v) is 1.75. The zero-order chi connectivity index (χ0) is 15.9. The van der Waals surface area contributed by atoms with E-state index in [-0.39, 0.29) is 0 Å². The highest BCUT2D eigenvalue weighted by Gasteiger charge is 2.38. The van der Waals surface area contributed by atoms with Gasteiger partial charge in [0.25, 0.3) is 0 Å². The number of aliphatic carboxylic acids is 1. The summed E-state index contributed by atoms with van der Waals surface area (Å²) in [4.78, 5) is 13.1. The van der Waals surface area contributed by atoms with E-state index < -0.39 is 12.1 Å². The molecule has 5 nitrogen and oxygen atoms in total. The standard InChI is InChI=1S/C10H13BrN2O.C2HF3O2/c11-8-1-2-10(13-7-8)14-9-3-5-12-6-4-9;3-2(4,5)1(6)7/h1-2,7,9,12H,3-6H2;(H,6,7). The number of piperidine rings is 1. The van der Waals surface area contributed by atoms with Crippen molar-refractivity contribution in [2.75, 3.05) is 13.1 Å². The maximum Gasteiger partial charge on any atom is 0.490 e. The van der Waals surface area contributed by atoms with Crippen molar-refractivity contribution in [1.82, 2.24) is 10.3 Å². The fraction of sp³-hybridized carbons (Fsp3) is 0.500. The van der Waals surface area contributed by atoms with E-state index in [1.54, 1.807) is 6.20 Å². The van der Waals surface area contributed by atoms with Crippen LogP contribution in [0.3, 0.4) is 0 Å². The maximum atomic E-state index is 10.6. The molecule has 2 heterocycles. The highest BCUT2D eigenvalue weighted by Crippen LogP contribution is 2.16. The Morgan fingerprint density at radius 2 is 1.95 bits per heavy atom. The van der Waals surface area contributed by atoms with Crippen LogP contribution in [0, 0.1) is 0 Å². The zero-order valence-corrected chi connectivity index (χ0v) is 12.4. The molecule has 0 amide bonds. The van der Waals surface area contributed by atoms with Gasteiger partial charge in [-0.2, -0.15) is 13.2 Å². The molecule has 2 N–H and O–H groups in total. The van der Waals surface area contributed by atoms with E-state index in [2.05, 4.69) is 26.2 Å². The number of carbonyl (C=O) groups is 1. The Balaban J connectivity index is 0.000000270. The van der Waals surface area contributed by atoms with Gasteiger partial charge < -0.3 is 15.2 Å². The average Bonchev–Trinajstić information content (AvgIpc) is 2.42. The van der Waals surface area contributed by atoms with E-state index in [4.69, 9.17) is 14.6 Å². The van der Waals surface area contributed by atoms with E-state index in [9.17, 15) is 13.2 Å². The number of nitrogens with one attached hydrogen (secondary N) is 1. The first-order valence-corrected chi connectivity index (χ1v) is 6.87. The molecule has 1 aromatic rings. The van der Waals surface area contributed by atoms with E-state index in [1.807, 2.05) is 12.1 Å². The summed E-state index contributed by atoms with van der Waals surface area (Å²) in [5.74, 6) is -2.03. The molecular formula is C12H14BrF3N2O3. The quantitative estimate of drug-likeness (QED) is 0.837. The third kappa shape index (κ3) is 7.28. The number of ether oxygens (including phenoxy) is 1. The number of aromatic nitrogens is 1. The second-order valence-corrected chi connectivity index (χ2v) is 5.10. The van der Waals surface area contributed by atoms with Crippen LogP contribution >= 0.6 is 15.9 Å². The van der Waals surface area contributed by atoms with Gasteiger partial charge in [-0.1, -0.05) is 0 Å². The Labute approximate surface area is 127 Å². The molecule has 1 aromatic heterocycles. The van der Waals surface area contributed by atoms with Crippen molar-refractivity contribution in [2.24, 2.45) is 0 Å². The minimum Gasteiger partial charge on any atom is -0.475 e. The molecule has 1 saturated heterocycles. The highest BCUT2D eigenvalue weighted by atomic mass is 79.9. The molecule has 0 bridgehead atoms. The van der Waals surface area contributed by atoms with E-state index in [0.29, 0.717) is 6.10 Å². The zero-order valence-electron chi connectivity index (χ0n) is 10.9. The lowest BCUT2D eigenvalue weighted by Gasteiger charge is -2.23. The van der Waals surface area contributed by atoms with Crippen molar-refractivity contribution >= 4 is 21.9 Å². The van der Waals surface area contributed by atoms with Gasteiger partial charge in [-0.15, -0.1) is 0 Å². The number of nitrogens with zero attached hydrogens (tertiary/aromatic N) is 1. The summed E-state index contributed by atoms with van der Waals surface area (Å²) in [5, 5.41) is 10.4. The number of rotatable bonds is 2.